The molecule has 3 atom stereocenters. The standard InChI is InChI=1S/C16H30/c1-5-7-8-15-12-16(15)11-14(4)10-9-13(3)6-2/h12-14,16H,5-11H2,1-4H3. The fraction of sp³-hybridized carbons (Fsp3) is 0.875. The van der Waals surface area contributed by atoms with Crippen LogP contribution in [0.1, 0.15) is 72.6 Å². The third-order valence-electron chi connectivity index (χ3n) is 4.11. The zero-order chi connectivity index (χ0) is 12.0. The van der Waals surface area contributed by atoms with Crippen LogP contribution in [0.3, 0.4) is 0 Å². The highest BCUT2D eigenvalue weighted by atomic mass is 14.3. The molecule has 16 heavy (non-hydrogen) atoms. The number of hydrogen-bond donors (Lipinski definition) is 0. The van der Waals surface area contributed by atoms with Gasteiger partial charge in [-0.2, -0.15) is 0 Å². The minimum absolute atomic E-state index is 0.901. The fourth-order valence-electron chi connectivity index (χ4n) is 2.40. The highest BCUT2D eigenvalue weighted by Crippen LogP contribution is 2.39. The van der Waals surface area contributed by atoms with Crippen LogP contribution in [0.2, 0.25) is 0 Å². The van der Waals surface area contributed by atoms with Crippen LogP contribution in [-0.2, 0) is 0 Å². The topological polar surface area (TPSA) is 0 Å². The minimum Gasteiger partial charge on any atom is -0.0775 e. The Morgan fingerprint density at radius 1 is 1.12 bits per heavy atom. The first kappa shape index (κ1) is 13.8. The molecule has 0 saturated heterocycles. The van der Waals surface area contributed by atoms with Crippen LogP contribution in [0.15, 0.2) is 11.6 Å². The SMILES string of the molecule is CCCCC1=CC1CC(C)CCC(C)CC. The molecule has 0 aliphatic heterocycles. The summed E-state index contributed by atoms with van der Waals surface area (Å²) in [4.78, 5) is 0. The average molecular weight is 222 g/mol. The lowest BCUT2D eigenvalue weighted by molar-refractivity contribution is 0.396. The van der Waals surface area contributed by atoms with E-state index in [1.54, 1.807) is 5.57 Å². The van der Waals surface area contributed by atoms with Gasteiger partial charge in [0.05, 0.1) is 0 Å². The van der Waals surface area contributed by atoms with Gasteiger partial charge in [-0.1, -0.05) is 65.0 Å². The smallest absolute Gasteiger partial charge is 0.00176 e. The highest BCUT2D eigenvalue weighted by molar-refractivity contribution is 5.28. The number of rotatable bonds is 9. The Morgan fingerprint density at radius 3 is 2.44 bits per heavy atom. The quantitative estimate of drug-likeness (QED) is 0.446. The Hall–Kier alpha value is -0.260. The lowest BCUT2D eigenvalue weighted by atomic mass is 9.92. The predicted octanol–water partition coefficient (Wildman–Crippen LogP) is 5.59. The Bertz CT molecular complexity index is 214. The maximum atomic E-state index is 2.51. The molecule has 0 N–H and O–H groups in total. The van der Waals surface area contributed by atoms with Crippen molar-refractivity contribution in [2.75, 3.05) is 0 Å². The Balaban J connectivity index is 2.02. The van der Waals surface area contributed by atoms with E-state index in [0.717, 1.165) is 17.8 Å². The van der Waals surface area contributed by atoms with E-state index in [9.17, 15) is 0 Å². The van der Waals surface area contributed by atoms with E-state index in [0.29, 0.717) is 0 Å². The van der Waals surface area contributed by atoms with Crippen LogP contribution in [-0.4, -0.2) is 0 Å². The van der Waals surface area contributed by atoms with Crippen LogP contribution in [0.25, 0.3) is 0 Å². The van der Waals surface area contributed by atoms with Gasteiger partial charge in [0, 0.05) is 0 Å². The van der Waals surface area contributed by atoms with Crippen molar-refractivity contribution >= 4 is 0 Å². The zero-order valence-electron chi connectivity index (χ0n) is 11.8. The number of allylic oxidation sites excluding steroid dienone is 2. The molecule has 0 fully saturated rings. The van der Waals surface area contributed by atoms with E-state index in [1.165, 1.54) is 44.9 Å². The van der Waals surface area contributed by atoms with Gasteiger partial charge in [-0.25, -0.2) is 0 Å². The van der Waals surface area contributed by atoms with E-state index < -0.39 is 0 Å². The molecule has 1 aliphatic carbocycles. The van der Waals surface area contributed by atoms with Crippen molar-refractivity contribution < 1.29 is 0 Å². The molecule has 0 spiro atoms. The molecule has 0 aromatic rings. The molecule has 0 bridgehead atoms. The lowest BCUT2D eigenvalue weighted by Crippen LogP contribution is -2.01. The molecular formula is C16H30. The normalized spacial score (nSPS) is 22.8. The third kappa shape index (κ3) is 5.18. The molecule has 0 amide bonds. The third-order valence-corrected chi connectivity index (χ3v) is 4.11. The average Bonchev–Trinajstić information content (AvgIpc) is 3.01. The molecule has 1 rings (SSSR count). The molecular weight excluding hydrogens is 192 g/mol. The van der Waals surface area contributed by atoms with Gasteiger partial charge in [0.2, 0.25) is 0 Å². The van der Waals surface area contributed by atoms with Crippen molar-refractivity contribution in [1.82, 2.24) is 0 Å². The summed E-state index contributed by atoms with van der Waals surface area (Å²) < 4.78 is 0. The first-order valence-electron chi connectivity index (χ1n) is 7.37. The number of hydrogen-bond acceptors (Lipinski definition) is 0. The van der Waals surface area contributed by atoms with Crippen molar-refractivity contribution in [1.29, 1.82) is 0 Å². The van der Waals surface area contributed by atoms with Crippen LogP contribution < -0.4 is 0 Å². The Morgan fingerprint density at radius 2 is 1.81 bits per heavy atom. The van der Waals surface area contributed by atoms with E-state index >= 15 is 0 Å². The summed E-state index contributed by atoms with van der Waals surface area (Å²) in [5, 5.41) is 0. The zero-order valence-corrected chi connectivity index (χ0v) is 11.8. The molecule has 0 nitrogen and oxygen atoms in total. The molecule has 0 heterocycles. The molecule has 0 saturated carbocycles. The van der Waals surface area contributed by atoms with Gasteiger partial charge < -0.3 is 0 Å². The summed E-state index contributed by atoms with van der Waals surface area (Å²) in [7, 11) is 0. The monoisotopic (exact) mass is 222 g/mol. The molecule has 0 heteroatoms. The van der Waals surface area contributed by atoms with E-state index in [2.05, 4.69) is 33.8 Å². The summed E-state index contributed by atoms with van der Waals surface area (Å²) in [6.07, 6.45) is 12.2. The van der Waals surface area contributed by atoms with Crippen molar-refractivity contribution in [2.45, 2.75) is 72.6 Å². The summed E-state index contributed by atoms with van der Waals surface area (Å²) in [5.74, 6) is 2.75. The first-order valence-corrected chi connectivity index (χ1v) is 7.37. The number of unbranched alkanes of at least 4 members (excludes halogenated alkanes) is 1. The Kier molecular flexibility index (Phi) is 6.16. The highest BCUT2D eigenvalue weighted by Gasteiger charge is 2.25. The van der Waals surface area contributed by atoms with Crippen LogP contribution in [0.4, 0.5) is 0 Å². The molecule has 3 unspecified atom stereocenters. The molecule has 0 aromatic heterocycles. The molecule has 0 aromatic carbocycles. The summed E-state index contributed by atoms with van der Waals surface area (Å²) in [5.41, 5.74) is 1.76. The lowest BCUT2D eigenvalue weighted by Gasteiger charge is -2.14. The van der Waals surface area contributed by atoms with Gasteiger partial charge in [-0.3, -0.25) is 0 Å². The second-order valence-corrected chi connectivity index (χ2v) is 5.88. The van der Waals surface area contributed by atoms with E-state index in [4.69, 9.17) is 0 Å². The summed E-state index contributed by atoms with van der Waals surface area (Å²) >= 11 is 0. The summed E-state index contributed by atoms with van der Waals surface area (Å²) in [6, 6.07) is 0. The van der Waals surface area contributed by atoms with Crippen molar-refractivity contribution in [3.05, 3.63) is 11.6 Å². The molecule has 94 valence electrons. The van der Waals surface area contributed by atoms with Gasteiger partial charge in [-0.15, -0.1) is 0 Å². The molecule has 1 aliphatic rings. The second kappa shape index (κ2) is 7.14. The predicted molar refractivity (Wildman–Crippen MR) is 73.6 cm³/mol. The van der Waals surface area contributed by atoms with Crippen LogP contribution in [0.5, 0.6) is 0 Å². The van der Waals surface area contributed by atoms with E-state index in [-0.39, 0.29) is 0 Å². The minimum atomic E-state index is 0.901. The van der Waals surface area contributed by atoms with Gasteiger partial charge >= 0.3 is 0 Å². The van der Waals surface area contributed by atoms with Gasteiger partial charge in [0.25, 0.3) is 0 Å². The Labute approximate surface area is 103 Å². The van der Waals surface area contributed by atoms with Gasteiger partial charge in [0.15, 0.2) is 0 Å². The largest absolute Gasteiger partial charge is 0.0775 e. The first-order chi connectivity index (χ1) is 7.67. The fourth-order valence-corrected chi connectivity index (χ4v) is 2.40. The van der Waals surface area contributed by atoms with Crippen molar-refractivity contribution in [2.24, 2.45) is 17.8 Å². The van der Waals surface area contributed by atoms with Gasteiger partial charge in [-0.05, 0) is 37.0 Å². The van der Waals surface area contributed by atoms with Crippen molar-refractivity contribution in [3.63, 3.8) is 0 Å². The summed E-state index contributed by atoms with van der Waals surface area (Å²) in [6.45, 7) is 9.41. The van der Waals surface area contributed by atoms with Crippen LogP contribution >= 0.6 is 0 Å². The van der Waals surface area contributed by atoms with E-state index in [1.807, 2.05) is 0 Å². The van der Waals surface area contributed by atoms with Crippen molar-refractivity contribution in [3.8, 4) is 0 Å². The maximum absolute atomic E-state index is 2.51. The maximum Gasteiger partial charge on any atom is -0.00176 e. The molecule has 0 radical (unpaired) electrons. The van der Waals surface area contributed by atoms with Gasteiger partial charge in [0.1, 0.15) is 0 Å². The van der Waals surface area contributed by atoms with Crippen LogP contribution in [0, 0.1) is 17.8 Å². The second-order valence-electron chi connectivity index (χ2n) is 5.88.